The fourth-order valence-electron chi connectivity index (χ4n) is 6.41. The molecule has 3 amide bonds. The maximum absolute atomic E-state index is 13.4. The lowest BCUT2D eigenvalue weighted by atomic mass is 9.89. The summed E-state index contributed by atoms with van der Waals surface area (Å²) >= 11 is 1.56. The van der Waals surface area contributed by atoms with E-state index in [1.807, 2.05) is 54.5 Å². The molecule has 3 N–H and O–H groups in total. The minimum absolute atomic E-state index is 0. The highest BCUT2D eigenvalue weighted by molar-refractivity contribution is 7.09. The lowest BCUT2D eigenvalue weighted by Gasteiger charge is -2.40. The average molecular weight is 690 g/mol. The van der Waals surface area contributed by atoms with Gasteiger partial charge < -0.3 is 30.3 Å². The molecule has 0 saturated carbocycles. The number of ether oxygens (including phenoxy) is 2. The first kappa shape index (κ1) is 43.2. The van der Waals surface area contributed by atoms with E-state index in [-0.39, 0.29) is 61.7 Å². The lowest BCUT2D eigenvalue weighted by molar-refractivity contribution is -0.145. The summed E-state index contributed by atoms with van der Waals surface area (Å²) < 4.78 is 11.6. The Kier molecular flexibility index (Phi) is 19.8. The van der Waals surface area contributed by atoms with Crippen LogP contribution in [-0.2, 0) is 30.3 Å². The van der Waals surface area contributed by atoms with E-state index in [1.165, 1.54) is 5.56 Å². The van der Waals surface area contributed by atoms with Crippen molar-refractivity contribution < 1.29 is 23.9 Å². The summed E-state index contributed by atoms with van der Waals surface area (Å²) in [5, 5.41) is 5.66. The van der Waals surface area contributed by atoms with Crippen LogP contribution in [0.3, 0.4) is 0 Å². The summed E-state index contributed by atoms with van der Waals surface area (Å²) in [5.74, 6) is 0.508. The molecule has 3 rings (SSSR count). The summed E-state index contributed by atoms with van der Waals surface area (Å²) in [7, 11) is 5.14. The van der Waals surface area contributed by atoms with Gasteiger partial charge in [0.15, 0.2) is 0 Å². The van der Waals surface area contributed by atoms with Gasteiger partial charge in [0.25, 0.3) is 0 Å². The number of thiazole rings is 1. The molecule has 2 aromatic rings. The molecule has 6 unspecified atom stereocenters. The molecule has 1 aliphatic heterocycles. The minimum Gasteiger partial charge on any atom is -0.379 e. The fourth-order valence-corrected chi connectivity index (χ4v) is 7.11. The van der Waals surface area contributed by atoms with E-state index in [4.69, 9.17) is 15.2 Å². The molecule has 0 radical (unpaired) electrons. The maximum atomic E-state index is 13.4. The summed E-state index contributed by atoms with van der Waals surface area (Å²) in [6.07, 6.45) is 5.94. The number of aromatic nitrogens is 1. The van der Waals surface area contributed by atoms with Gasteiger partial charge in [0, 0.05) is 39.4 Å². The van der Waals surface area contributed by atoms with Crippen LogP contribution in [0.4, 0.5) is 0 Å². The fraction of sp³-hybridized carbons (Fsp3) is 0.676. The first-order chi connectivity index (χ1) is 22.4. The van der Waals surface area contributed by atoms with Crippen LogP contribution in [0, 0.1) is 17.8 Å². The quantitative estimate of drug-likeness (QED) is 0.204. The van der Waals surface area contributed by atoms with Gasteiger partial charge in [0.1, 0.15) is 5.01 Å². The number of rotatable bonds is 17. The highest BCUT2D eigenvalue weighted by atomic mass is 32.1. The van der Waals surface area contributed by atoms with Gasteiger partial charge in [-0.25, -0.2) is 4.98 Å². The Morgan fingerprint density at radius 3 is 2.29 bits per heavy atom. The van der Waals surface area contributed by atoms with Gasteiger partial charge in [0.2, 0.25) is 18.2 Å². The highest BCUT2D eigenvalue weighted by Gasteiger charge is 2.40. The number of methoxy groups -OCH3 is 2. The topological polar surface area (TPSA) is 127 Å². The van der Waals surface area contributed by atoms with Crippen molar-refractivity contribution in [2.45, 2.75) is 117 Å². The van der Waals surface area contributed by atoms with Crippen LogP contribution in [-0.4, -0.2) is 91.2 Å². The number of likely N-dealkylation sites (tertiary alicyclic amines) is 1. The largest absolute Gasteiger partial charge is 0.379 e. The molecular formula is C37H63N5O5S. The number of hydrogen-bond acceptors (Lipinski definition) is 8. The van der Waals surface area contributed by atoms with E-state index in [0.29, 0.717) is 5.92 Å². The van der Waals surface area contributed by atoms with Gasteiger partial charge in [-0.15, -0.1) is 11.3 Å². The van der Waals surface area contributed by atoms with Crippen molar-refractivity contribution in [3.05, 3.63) is 52.5 Å². The van der Waals surface area contributed by atoms with Crippen molar-refractivity contribution in [3.63, 3.8) is 0 Å². The predicted octanol–water partition coefficient (Wildman–Crippen LogP) is 5.72. The lowest BCUT2D eigenvalue weighted by Crippen LogP contribution is -2.56. The number of likely N-dealkylation sites (N-methyl/N-ethyl adjacent to an activating group) is 1. The third kappa shape index (κ3) is 12.2. The Bertz CT molecular complexity index is 1180. The first-order valence-electron chi connectivity index (χ1n) is 16.9. The van der Waals surface area contributed by atoms with Gasteiger partial charge in [0.05, 0.1) is 42.8 Å². The second kappa shape index (κ2) is 22.0. The van der Waals surface area contributed by atoms with Crippen molar-refractivity contribution >= 4 is 29.6 Å². The SMILES string of the molecule is C.CCC(C)C(C(CC(=O)N1CCCC1C(OC)C(C)C)OC)N(C)C(=O)[C@@H](N)C(C)C.O=CNC(Cc1ccccc1)c1nccs1. The second-order valence-electron chi connectivity index (χ2n) is 13.2. The van der Waals surface area contributed by atoms with Crippen molar-refractivity contribution in [2.24, 2.45) is 23.5 Å². The number of hydrogen-bond donors (Lipinski definition) is 2. The summed E-state index contributed by atoms with van der Waals surface area (Å²) in [4.78, 5) is 44.9. The van der Waals surface area contributed by atoms with Crippen molar-refractivity contribution in [1.29, 1.82) is 0 Å². The van der Waals surface area contributed by atoms with Gasteiger partial charge in [-0.1, -0.05) is 85.7 Å². The maximum Gasteiger partial charge on any atom is 0.239 e. The Morgan fingerprint density at radius 1 is 1.12 bits per heavy atom. The van der Waals surface area contributed by atoms with Crippen LogP contribution in [0.2, 0.25) is 0 Å². The molecule has 0 bridgehead atoms. The third-order valence-corrected chi connectivity index (χ3v) is 10.2. The normalized spacial score (nSPS) is 18.1. The van der Waals surface area contributed by atoms with Crippen LogP contribution < -0.4 is 11.1 Å². The van der Waals surface area contributed by atoms with Gasteiger partial charge in [-0.3, -0.25) is 14.4 Å². The van der Waals surface area contributed by atoms with E-state index in [0.717, 1.165) is 43.6 Å². The monoisotopic (exact) mass is 689 g/mol. The molecular weight excluding hydrogens is 627 g/mol. The molecule has 1 fully saturated rings. The van der Waals surface area contributed by atoms with E-state index < -0.39 is 12.1 Å². The number of carbonyl (C=O) groups is 3. The molecule has 1 aliphatic rings. The molecule has 10 nitrogen and oxygen atoms in total. The number of amides is 3. The minimum atomic E-state index is -0.568. The summed E-state index contributed by atoms with van der Waals surface area (Å²) in [6, 6.07) is 9.34. The number of nitrogens with one attached hydrogen (secondary N) is 1. The van der Waals surface area contributed by atoms with E-state index in [2.05, 4.69) is 38.0 Å². The Hall–Kier alpha value is -2.86. The summed E-state index contributed by atoms with van der Waals surface area (Å²) in [6.45, 7) is 13.1. The zero-order valence-corrected chi connectivity index (χ0v) is 30.7. The van der Waals surface area contributed by atoms with Crippen LogP contribution in [0.1, 0.15) is 91.3 Å². The average Bonchev–Trinajstić information content (AvgIpc) is 3.77. The highest BCUT2D eigenvalue weighted by Crippen LogP contribution is 2.29. The molecule has 2 heterocycles. The zero-order chi connectivity index (χ0) is 35.1. The van der Waals surface area contributed by atoms with E-state index >= 15 is 0 Å². The predicted molar refractivity (Wildman–Crippen MR) is 196 cm³/mol. The number of benzene rings is 1. The molecule has 7 atom stereocenters. The molecule has 1 aromatic carbocycles. The summed E-state index contributed by atoms with van der Waals surface area (Å²) in [5.41, 5.74) is 7.35. The van der Waals surface area contributed by atoms with Crippen LogP contribution >= 0.6 is 11.3 Å². The second-order valence-corrected chi connectivity index (χ2v) is 14.1. The van der Waals surface area contributed by atoms with Crippen LogP contribution in [0.15, 0.2) is 41.9 Å². The van der Waals surface area contributed by atoms with Crippen LogP contribution in [0.25, 0.3) is 0 Å². The van der Waals surface area contributed by atoms with Crippen molar-refractivity contribution in [1.82, 2.24) is 20.1 Å². The first-order valence-corrected chi connectivity index (χ1v) is 17.8. The Morgan fingerprint density at radius 2 is 1.79 bits per heavy atom. The van der Waals surface area contributed by atoms with Gasteiger partial charge in [-0.05, 0) is 42.6 Å². The Labute approximate surface area is 294 Å². The zero-order valence-electron chi connectivity index (χ0n) is 29.9. The van der Waals surface area contributed by atoms with E-state index in [9.17, 15) is 14.4 Å². The molecule has 1 saturated heterocycles. The molecule has 0 aliphatic carbocycles. The van der Waals surface area contributed by atoms with E-state index in [1.54, 1.807) is 43.7 Å². The molecule has 0 spiro atoms. The number of carbonyl (C=O) groups excluding carboxylic acids is 3. The van der Waals surface area contributed by atoms with Gasteiger partial charge in [-0.2, -0.15) is 0 Å². The molecule has 11 heteroatoms. The molecule has 272 valence electrons. The molecule has 48 heavy (non-hydrogen) atoms. The van der Waals surface area contributed by atoms with Crippen LogP contribution in [0.5, 0.6) is 0 Å². The number of nitrogens with zero attached hydrogens (tertiary/aromatic N) is 3. The number of nitrogens with two attached hydrogens (primary N) is 1. The molecule has 1 aromatic heterocycles. The Balaban J connectivity index is 0.000000565. The standard InChI is InChI=1S/C24H47N3O4.C12H12N2OS.CH4/c1-10-17(6)22(26(7)24(29)21(25)15(2)3)19(30-8)14-20(28)27-13-11-12-18(27)23(31-9)16(4)5;15-9-14-11(12-13-6-7-16-12)8-10-4-2-1-3-5-10;/h15-19,21-23H,10-14,25H2,1-9H3;1-7,9,11H,8H2,(H,14,15);1H4/t17?,18?,19?,21-,22?,23?;;/m0../s1. The smallest absolute Gasteiger partial charge is 0.239 e. The third-order valence-electron chi connectivity index (χ3n) is 9.31. The van der Waals surface area contributed by atoms with Gasteiger partial charge >= 0.3 is 0 Å². The van der Waals surface area contributed by atoms with Crippen molar-refractivity contribution in [2.75, 3.05) is 27.8 Å². The van der Waals surface area contributed by atoms with Crippen molar-refractivity contribution in [3.8, 4) is 0 Å².